The van der Waals surface area contributed by atoms with Crippen LogP contribution in [0.4, 0.5) is 0 Å². The first-order valence-corrected chi connectivity index (χ1v) is 10.0. The fourth-order valence-corrected chi connectivity index (χ4v) is 3.95. The Morgan fingerprint density at radius 1 is 0.958 bits per heavy atom. The molecule has 0 N–H and O–H groups in total. The van der Waals surface area contributed by atoms with E-state index in [9.17, 15) is 4.79 Å². The topological polar surface area (TPSA) is 20.3 Å². The lowest BCUT2D eigenvalue weighted by molar-refractivity contribution is -0.125. The predicted molar refractivity (Wildman–Crippen MR) is 102 cm³/mol. The van der Waals surface area contributed by atoms with Crippen LogP contribution in [0.3, 0.4) is 0 Å². The molecule has 2 rings (SSSR count). The molecule has 1 aliphatic rings. The summed E-state index contributed by atoms with van der Waals surface area (Å²) in [7, 11) is 0. The van der Waals surface area contributed by atoms with E-state index in [1.807, 2.05) is 0 Å². The van der Waals surface area contributed by atoms with Crippen LogP contribution in [0.15, 0.2) is 30.3 Å². The van der Waals surface area contributed by atoms with Crippen molar-refractivity contribution in [3.8, 4) is 0 Å². The maximum Gasteiger partial charge on any atom is 0.136 e. The number of hydrogen-bond donors (Lipinski definition) is 0. The number of benzene rings is 1. The second kappa shape index (κ2) is 10.7. The van der Waals surface area contributed by atoms with E-state index in [2.05, 4.69) is 49.1 Å². The Kier molecular flexibility index (Phi) is 8.52. The number of ketones is 1. The number of rotatable bonds is 10. The van der Waals surface area contributed by atoms with Crippen LogP contribution in [0.25, 0.3) is 0 Å². The largest absolute Gasteiger partial charge is 0.300 e. The van der Waals surface area contributed by atoms with Gasteiger partial charge >= 0.3 is 0 Å². The van der Waals surface area contributed by atoms with Crippen LogP contribution in [0.2, 0.25) is 0 Å². The van der Waals surface area contributed by atoms with Crippen molar-refractivity contribution in [2.24, 2.45) is 0 Å². The Bertz CT molecular complexity index is 470. The summed E-state index contributed by atoms with van der Waals surface area (Å²) in [5, 5.41) is 0. The van der Waals surface area contributed by atoms with Crippen molar-refractivity contribution < 1.29 is 4.79 Å². The summed E-state index contributed by atoms with van der Waals surface area (Å²) in [6.45, 7) is 5.47. The van der Waals surface area contributed by atoms with Crippen LogP contribution in [-0.2, 0) is 11.3 Å². The van der Waals surface area contributed by atoms with E-state index in [0.29, 0.717) is 17.9 Å². The molecule has 0 aliphatic carbocycles. The Balaban J connectivity index is 1.81. The van der Waals surface area contributed by atoms with Gasteiger partial charge in [0.15, 0.2) is 0 Å². The molecule has 1 aromatic rings. The Morgan fingerprint density at radius 2 is 1.62 bits per heavy atom. The minimum absolute atomic E-state index is 0.376. The number of unbranched alkanes of at least 4 members (excludes halogenated alkanes) is 6. The van der Waals surface area contributed by atoms with E-state index in [1.165, 1.54) is 56.9 Å². The molecular formula is C22H35NO. The average molecular weight is 330 g/mol. The summed E-state index contributed by atoms with van der Waals surface area (Å²) < 4.78 is 0. The summed E-state index contributed by atoms with van der Waals surface area (Å²) in [5.74, 6) is 0.458. The molecule has 1 heterocycles. The third-order valence-corrected chi connectivity index (χ3v) is 5.37. The first-order chi connectivity index (χ1) is 11.7. The molecule has 0 saturated carbocycles. The van der Waals surface area contributed by atoms with Crippen molar-refractivity contribution in [1.82, 2.24) is 4.90 Å². The third kappa shape index (κ3) is 6.39. The minimum atomic E-state index is 0.376. The Morgan fingerprint density at radius 3 is 2.33 bits per heavy atom. The van der Waals surface area contributed by atoms with Crippen molar-refractivity contribution in [3.05, 3.63) is 35.9 Å². The minimum Gasteiger partial charge on any atom is -0.300 e. The van der Waals surface area contributed by atoms with E-state index in [1.54, 1.807) is 0 Å². The molecule has 24 heavy (non-hydrogen) atoms. The molecule has 0 spiro atoms. The number of hydrogen-bond acceptors (Lipinski definition) is 2. The number of nitrogens with zero attached hydrogens (tertiary/aromatic N) is 1. The first kappa shape index (κ1) is 19.2. The normalized spacial score (nSPS) is 22.0. The van der Waals surface area contributed by atoms with Crippen LogP contribution in [0.5, 0.6) is 0 Å². The molecular weight excluding hydrogens is 294 g/mol. The first-order valence-electron chi connectivity index (χ1n) is 10.0. The van der Waals surface area contributed by atoms with Gasteiger partial charge in [0.05, 0.1) is 0 Å². The molecule has 2 heteroatoms. The summed E-state index contributed by atoms with van der Waals surface area (Å²) in [6, 6.07) is 11.5. The van der Waals surface area contributed by atoms with E-state index >= 15 is 0 Å². The molecule has 1 aliphatic heterocycles. The van der Waals surface area contributed by atoms with Crippen LogP contribution in [-0.4, -0.2) is 22.8 Å². The number of carbonyl (C=O) groups is 1. The van der Waals surface area contributed by atoms with Crippen molar-refractivity contribution in [2.45, 2.75) is 96.7 Å². The van der Waals surface area contributed by atoms with Gasteiger partial charge in [0, 0.05) is 31.5 Å². The summed E-state index contributed by atoms with van der Waals surface area (Å²) in [5.41, 5.74) is 1.36. The molecule has 0 aromatic heterocycles. The lowest BCUT2D eigenvalue weighted by Crippen LogP contribution is -2.47. The summed E-state index contributed by atoms with van der Waals surface area (Å²) >= 11 is 0. The smallest absolute Gasteiger partial charge is 0.136 e. The van der Waals surface area contributed by atoms with Crippen molar-refractivity contribution in [2.75, 3.05) is 0 Å². The van der Waals surface area contributed by atoms with Crippen molar-refractivity contribution >= 4 is 5.78 Å². The van der Waals surface area contributed by atoms with Gasteiger partial charge in [-0.1, -0.05) is 82.2 Å². The fourth-order valence-electron chi connectivity index (χ4n) is 3.95. The monoisotopic (exact) mass is 329 g/mol. The molecule has 0 radical (unpaired) electrons. The van der Waals surface area contributed by atoms with Gasteiger partial charge in [-0.25, -0.2) is 0 Å². The van der Waals surface area contributed by atoms with E-state index in [-0.39, 0.29) is 0 Å². The maximum atomic E-state index is 12.1. The van der Waals surface area contributed by atoms with Gasteiger partial charge in [-0.15, -0.1) is 0 Å². The second-order valence-electron chi connectivity index (χ2n) is 7.52. The predicted octanol–water partition coefficient (Wildman–Crippen LogP) is 5.75. The van der Waals surface area contributed by atoms with Crippen LogP contribution in [0, 0.1) is 0 Å². The maximum absolute atomic E-state index is 12.1. The fraction of sp³-hybridized carbons (Fsp3) is 0.682. The zero-order valence-corrected chi connectivity index (χ0v) is 15.7. The van der Waals surface area contributed by atoms with E-state index in [0.717, 1.165) is 19.4 Å². The van der Waals surface area contributed by atoms with Gasteiger partial charge in [-0.05, 0) is 18.9 Å². The molecule has 1 fully saturated rings. The van der Waals surface area contributed by atoms with Gasteiger partial charge in [0.25, 0.3) is 0 Å². The molecule has 2 unspecified atom stereocenters. The highest BCUT2D eigenvalue weighted by molar-refractivity contribution is 5.80. The molecule has 134 valence electrons. The molecule has 0 bridgehead atoms. The van der Waals surface area contributed by atoms with E-state index < -0.39 is 0 Å². The quantitative estimate of drug-likeness (QED) is 0.509. The molecule has 2 nitrogen and oxygen atoms in total. The third-order valence-electron chi connectivity index (χ3n) is 5.37. The van der Waals surface area contributed by atoms with Crippen LogP contribution < -0.4 is 0 Å². The van der Waals surface area contributed by atoms with Crippen molar-refractivity contribution in [3.63, 3.8) is 0 Å². The highest BCUT2D eigenvalue weighted by atomic mass is 16.1. The highest BCUT2D eigenvalue weighted by Crippen LogP contribution is 2.26. The number of carbonyl (C=O) groups excluding carboxylic acids is 1. The zero-order chi connectivity index (χ0) is 17.2. The number of Topliss-reactive ketones (excluding diaryl/α,β-unsaturated/α-hetero) is 1. The van der Waals surface area contributed by atoms with Gasteiger partial charge in [-0.3, -0.25) is 9.69 Å². The van der Waals surface area contributed by atoms with E-state index in [4.69, 9.17) is 0 Å². The van der Waals surface area contributed by atoms with Gasteiger partial charge in [0.1, 0.15) is 5.78 Å². The van der Waals surface area contributed by atoms with Gasteiger partial charge < -0.3 is 0 Å². The molecule has 1 aromatic carbocycles. The zero-order valence-electron chi connectivity index (χ0n) is 15.7. The summed E-state index contributed by atoms with van der Waals surface area (Å²) in [4.78, 5) is 14.6. The molecule has 2 atom stereocenters. The SMILES string of the molecule is CCCCCCCCCC1CC(=O)CC(C)N1Cc1ccccc1. The average Bonchev–Trinajstić information content (AvgIpc) is 2.58. The Labute approximate surface area is 148 Å². The number of likely N-dealkylation sites (tertiary alicyclic amines) is 1. The van der Waals surface area contributed by atoms with Gasteiger partial charge in [0.2, 0.25) is 0 Å². The lowest BCUT2D eigenvalue weighted by Gasteiger charge is -2.40. The second-order valence-corrected chi connectivity index (χ2v) is 7.52. The highest BCUT2D eigenvalue weighted by Gasteiger charge is 2.31. The van der Waals surface area contributed by atoms with Gasteiger partial charge in [-0.2, -0.15) is 0 Å². The summed E-state index contributed by atoms with van der Waals surface area (Å²) in [6.07, 6.45) is 12.1. The molecule has 1 saturated heterocycles. The standard InChI is InChI=1S/C22H35NO/c1-3-4-5-6-7-8-12-15-21-17-22(24)16-19(2)23(21)18-20-13-10-9-11-14-20/h9-11,13-14,19,21H,3-8,12,15-18H2,1-2H3. The van der Waals surface area contributed by atoms with Crippen molar-refractivity contribution in [1.29, 1.82) is 0 Å². The van der Waals surface area contributed by atoms with Crippen LogP contribution in [0.1, 0.15) is 83.6 Å². The molecule has 0 amide bonds. The Hall–Kier alpha value is -1.15. The van der Waals surface area contributed by atoms with Crippen LogP contribution >= 0.6 is 0 Å². The lowest BCUT2D eigenvalue weighted by atomic mass is 9.91. The number of piperidine rings is 1.